The van der Waals surface area contributed by atoms with Crippen LogP contribution in [0.3, 0.4) is 0 Å². The van der Waals surface area contributed by atoms with E-state index in [0.717, 1.165) is 0 Å². The van der Waals surface area contributed by atoms with Crippen LogP contribution in [0.4, 0.5) is 0 Å². The SMILES string of the molecule is B[C@@H]1OC(C)(C)[C@@H](O)[C@H]1O. The topological polar surface area (TPSA) is 49.7 Å². The molecule has 1 saturated heterocycles. The van der Waals surface area contributed by atoms with E-state index in [2.05, 4.69) is 0 Å². The molecule has 0 amide bonds. The summed E-state index contributed by atoms with van der Waals surface area (Å²) in [5.74, 6) is 0. The van der Waals surface area contributed by atoms with Gasteiger partial charge in [-0.3, -0.25) is 0 Å². The van der Waals surface area contributed by atoms with Crippen molar-refractivity contribution in [3.8, 4) is 0 Å². The van der Waals surface area contributed by atoms with Crippen molar-refractivity contribution in [1.29, 1.82) is 0 Å². The number of rotatable bonds is 0. The van der Waals surface area contributed by atoms with Gasteiger partial charge in [-0.15, -0.1) is 0 Å². The molecule has 1 aliphatic rings. The maximum absolute atomic E-state index is 9.32. The molecule has 0 aromatic heterocycles. The van der Waals surface area contributed by atoms with E-state index in [0.29, 0.717) is 0 Å². The number of hydrogen-bond acceptors (Lipinski definition) is 3. The van der Waals surface area contributed by atoms with Gasteiger partial charge in [-0.05, 0) is 13.8 Å². The molecule has 0 aliphatic carbocycles. The fourth-order valence-corrected chi connectivity index (χ4v) is 1.29. The lowest BCUT2D eigenvalue weighted by Gasteiger charge is -2.21. The fourth-order valence-electron chi connectivity index (χ4n) is 1.29. The highest BCUT2D eigenvalue weighted by Crippen LogP contribution is 2.28. The summed E-state index contributed by atoms with van der Waals surface area (Å²) in [7, 11) is 1.75. The zero-order valence-corrected chi connectivity index (χ0v) is 6.53. The summed E-state index contributed by atoms with van der Waals surface area (Å²) in [6, 6.07) is -0.259. The maximum atomic E-state index is 9.32. The minimum atomic E-state index is -0.762. The highest BCUT2D eigenvalue weighted by molar-refractivity contribution is 6.11. The van der Waals surface area contributed by atoms with Gasteiger partial charge in [0, 0.05) is 0 Å². The van der Waals surface area contributed by atoms with Crippen LogP contribution in [0.2, 0.25) is 0 Å². The van der Waals surface area contributed by atoms with Crippen LogP contribution < -0.4 is 0 Å². The van der Waals surface area contributed by atoms with E-state index in [1.165, 1.54) is 0 Å². The van der Waals surface area contributed by atoms with Crippen LogP contribution in [-0.2, 0) is 4.74 Å². The van der Waals surface area contributed by atoms with Gasteiger partial charge in [-0.25, -0.2) is 0 Å². The van der Waals surface area contributed by atoms with Crippen molar-refractivity contribution < 1.29 is 14.9 Å². The lowest BCUT2D eigenvalue weighted by molar-refractivity contribution is -0.0415. The van der Waals surface area contributed by atoms with Crippen molar-refractivity contribution in [1.82, 2.24) is 0 Å². The van der Waals surface area contributed by atoms with Gasteiger partial charge in [0.1, 0.15) is 20.1 Å². The first kappa shape index (κ1) is 8.05. The molecule has 3 atom stereocenters. The number of aliphatic hydroxyl groups is 2. The molecule has 1 fully saturated rings. The normalized spacial score (nSPS) is 45.8. The number of hydrogen-bond donors (Lipinski definition) is 2. The summed E-state index contributed by atoms with van der Waals surface area (Å²) in [4.78, 5) is 0. The largest absolute Gasteiger partial charge is 0.388 e. The van der Waals surface area contributed by atoms with Crippen LogP contribution in [0, 0.1) is 0 Å². The molecular formula is C6H13BO3. The van der Waals surface area contributed by atoms with E-state index in [1.54, 1.807) is 21.7 Å². The van der Waals surface area contributed by atoms with Gasteiger partial charge < -0.3 is 14.9 Å². The molecule has 0 spiro atoms. The minimum Gasteiger partial charge on any atom is -0.388 e. The Morgan fingerprint density at radius 1 is 1.40 bits per heavy atom. The number of ether oxygens (including phenoxy) is 1. The summed E-state index contributed by atoms with van der Waals surface area (Å²) in [5, 5.41) is 18.5. The van der Waals surface area contributed by atoms with E-state index in [4.69, 9.17) is 4.74 Å². The second-order valence-corrected chi connectivity index (χ2v) is 3.36. The van der Waals surface area contributed by atoms with Crippen LogP contribution >= 0.6 is 0 Å². The van der Waals surface area contributed by atoms with Gasteiger partial charge >= 0.3 is 0 Å². The van der Waals surface area contributed by atoms with Gasteiger partial charge in [-0.2, -0.15) is 0 Å². The predicted molar refractivity (Wildman–Crippen MR) is 39.5 cm³/mol. The Hall–Kier alpha value is -0.0551. The smallest absolute Gasteiger partial charge is 0.142 e. The Kier molecular flexibility index (Phi) is 1.79. The van der Waals surface area contributed by atoms with E-state index < -0.39 is 17.8 Å². The van der Waals surface area contributed by atoms with Gasteiger partial charge in [0.2, 0.25) is 0 Å². The molecule has 4 heteroatoms. The first-order chi connectivity index (χ1) is 4.45. The molecule has 2 N–H and O–H groups in total. The van der Waals surface area contributed by atoms with Crippen molar-refractivity contribution in [2.45, 2.75) is 37.7 Å². The number of aliphatic hydroxyl groups excluding tert-OH is 2. The van der Waals surface area contributed by atoms with E-state index in [9.17, 15) is 10.2 Å². The van der Waals surface area contributed by atoms with Crippen LogP contribution in [0.1, 0.15) is 13.8 Å². The van der Waals surface area contributed by atoms with Gasteiger partial charge in [-0.1, -0.05) is 0 Å². The minimum absolute atomic E-state index is 0.259. The highest BCUT2D eigenvalue weighted by atomic mass is 16.6. The molecule has 1 heterocycles. The molecule has 0 radical (unpaired) electrons. The molecule has 0 saturated carbocycles. The first-order valence-corrected chi connectivity index (χ1v) is 3.49. The van der Waals surface area contributed by atoms with Crippen molar-refractivity contribution in [2.75, 3.05) is 0 Å². The molecule has 0 bridgehead atoms. The third-order valence-corrected chi connectivity index (χ3v) is 2.01. The van der Waals surface area contributed by atoms with Crippen LogP contribution in [-0.4, -0.2) is 41.9 Å². The first-order valence-electron chi connectivity index (χ1n) is 3.49. The lowest BCUT2D eigenvalue weighted by Crippen LogP contribution is -2.37. The predicted octanol–water partition coefficient (Wildman–Crippen LogP) is -1.52. The second kappa shape index (κ2) is 2.22. The van der Waals surface area contributed by atoms with Gasteiger partial charge in [0.15, 0.2) is 0 Å². The van der Waals surface area contributed by atoms with E-state index in [1.807, 2.05) is 0 Å². The van der Waals surface area contributed by atoms with Crippen LogP contribution in [0.25, 0.3) is 0 Å². The van der Waals surface area contributed by atoms with Crippen molar-refractivity contribution in [2.24, 2.45) is 0 Å². The molecule has 0 unspecified atom stereocenters. The highest BCUT2D eigenvalue weighted by Gasteiger charge is 2.45. The third-order valence-electron chi connectivity index (χ3n) is 2.01. The Labute approximate surface area is 61.4 Å². The summed E-state index contributed by atoms with van der Waals surface area (Å²) in [5.41, 5.74) is -0.598. The molecule has 3 nitrogen and oxygen atoms in total. The summed E-state index contributed by atoms with van der Waals surface area (Å²) >= 11 is 0. The van der Waals surface area contributed by atoms with Gasteiger partial charge in [0.05, 0.1) is 11.6 Å². The average molecular weight is 144 g/mol. The Bertz CT molecular complexity index is 137. The average Bonchev–Trinajstić information content (AvgIpc) is 1.95. The molecule has 58 valence electrons. The third kappa shape index (κ3) is 1.07. The zero-order chi connectivity index (χ0) is 7.94. The molecule has 0 aromatic rings. The second-order valence-electron chi connectivity index (χ2n) is 3.36. The van der Waals surface area contributed by atoms with E-state index in [-0.39, 0.29) is 6.00 Å². The standard InChI is InChI=1S/C6H13BO3/c1-6(2)4(9)3(8)5(7)10-6/h3-5,8-9H,7H2,1-2H3/t3-,4+,5-/m1/s1. The van der Waals surface area contributed by atoms with Crippen molar-refractivity contribution in [3.63, 3.8) is 0 Å². The quantitative estimate of drug-likeness (QED) is 0.406. The molecule has 0 aromatic carbocycles. The van der Waals surface area contributed by atoms with Crippen molar-refractivity contribution in [3.05, 3.63) is 0 Å². The fraction of sp³-hybridized carbons (Fsp3) is 1.00. The molecule has 1 rings (SSSR count). The Morgan fingerprint density at radius 3 is 2.00 bits per heavy atom. The summed E-state index contributed by atoms with van der Waals surface area (Å²) < 4.78 is 5.27. The summed E-state index contributed by atoms with van der Waals surface area (Å²) in [6.45, 7) is 3.54. The maximum Gasteiger partial charge on any atom is 0.142 e. The molecule has 1 aliphatic heterocycles. The van der Waals surface area contributed by atoms with E-state index >= 15 is 0 Å². The molecular weight excluding hydrogens is 131 g/mol. The van der Waals surface area contributed by atoms with Crippen LogP contribution in [0.5, 0.6) is 0 Å². The molecule has 10 heavy (non-hydrogen) atoms. The Morgan fingerprint density at radius 2 is 1.90 bits per heavy atom. The summed E-state index contributed by atoms with van der Waals surface area (Å²) in [6.07, 6.45) is -1.50. The van der Waals surface area contributed by atoms with Crippen molar-refractivity contribution >= 4 is 7.85 Å². The van der Waals surface area contributed by atoms with Crippen LogP contribution in [0.15, 0.2) is 0 Å². The zero-order valence-electron chi connectivity index (χ0n) is 6.53. The Balaban J connectivity index is 2.71. The van der Waals surface area contributed by atoms with Gasteiger partial charge in [0.25, 0.3) is 0 Å². The monoisotopic (exact) mass is 144 g/mol. The lowest BCUT2D eigenvalue weighted by atomic mass is 9.91.